The van der Waals surface area contributed by atoms with Crippen molar-refractivity contribution in [2.45, 2.75) is 44.6 Å². The van der Waals surface area contributed by atoms with Crippen molar-refractivity contribution in [3.8, 4) is 11.5 Å². The monoisotopic (exact) mass is 439 g/mol. The van der Waals surface area contributed by atoms with Crippen LogP contribution in [0.3, 0.4) is 0 Å². The third-order valence-corrected chi connectivity index (χ3v) is 6.43. The molecule has 1 unspecified atom stereocenters. The van der Waals surface area contributed by atoms with E-state index in [9.17, 15) is 4.79 Å². The summed E-state index contributed by atoms with van der Waals surface area (Å²) in [5.74, 6) is 2.15. The average Bonchev–Trinajstić information content (AvgIpc) is 2.82. The maximum Gasteiger partial charge on any atom is 0.321 e. The van der Waals surface area contributed by atoms with E-state index in [1.807, 2.05) is 48.2 Å². The molecule has 1 N–H and O–H groups in total. The van der Waals surface area contributed by atoms with Gasteiger partial charge in [-0.15, -0.1) is 0 Å². The fourth-order valence-electron chi connectivity index (χ4n) is 4.66. The fraction of sp³-hybridized carbons (Fsp3) is 0.520. The number of nitrogens with zero attached hydrogens (tertiary/aromatic N) is 2. The van der Waals surface area contributed by atoms with E-state index in [0.717, 1.165) is 44.5 Å². The lowest BCUT2D eigenvalue weighted by molar-refractivity contribution is -0.124. The molecule has 1 aromatic heterocycles. The quantitative estimate of drug-likeness (QED) is 0.674. The number of benzene rings is 1. The number of rotatable bonds is 7. The molecule has 0 saturated carbocycles. The van der Waals surface area contributed by atoms with Gasteiger partial charge in [0.25, 0.3) is 0 Å². The Kier molecular flexibility index (Phi) is 7.47. The highest BCUT2D eigenvalue weighted by Crippen LogP contribution is 2.39. The van der Waals surface area contributed by atoms with E-state index in [2.05, 4.69) is 10.3 Å². The number of nitrogens with one attached hydrogen (secondary N) is 1. The predicted octanol–water partition coefficient (Wildman–Crippen LogP) is 4.74. The highest BCUT2D eigenvalue weighted by Gasteiger charge is 2.41. The van der Waals surface area contributed by atoms with Crippen LogP contribution < -0.4 is 14.8 Å². The molecular weight excluding hydrogens is 406 g/mol. The molecule has 1 aromatic carbocycles. The molecule has 4 rings (SSSR count). The van der Waals surface area contributed by atoms with Gasteiger partial charge in [0, 0.05) is 32.1 Å². The van der Waals surface area contributed by atoms with Crippen LogP contribution >= 0.6 is 0 Å². The largest absolute Gasteiger partial charge is 0.493 e. The lowest BCUT2D eigenvalue weighted by Gasteiger charge is -2.46. The summed E-state index contributed by atoms with van der Waals surface area (Å²) in [5, 5.41) is 3.01. The van der Waals surface area contributed by atoms with Gasteiger partial charge in [0.05, 0.1) is 24.5 Å². The Morgan fingerprint density at radius 2 is 1.97 bits per heavy atom. The first-order valence-corrected chi connectivity index (χ1v) is 11.6. The van der Waals surface area contributed by atoms with Crippen LogP contribution in [0.25, 0.3) is 0 Å². The van der Waals surface area contributed by atoms with Gasteiger partial charge in [-0.25, -0.2) is 4.79 Å². The van der Waals surface area contributed by atoms with Crippen molar-refractivity contribution < 1.29 is 19.0 Å². The van der Waals surface area contributed by atoms with E-state index < -0.39 is 0 Å². The average molecular weight is 440 g/mol. The topological polar surface area (TPSA) is 72.9 Å². The minimum absolute atomic E-state index is 0.0786. The molecule has 172 valence electrons. The van der Waals surface area contributed by atoms with Crippen molar-refractivity contribution in [2.24, 2.45) is 5.92 Å². The summed E-state index contributed by atoms with van der Waals surface area (Å²) in [7, 11) is 0. The fourth-order valence-corrected chi connectivity index (χ4v) is 4.66. The molecule has 2 aliphatic rings. The van der Waals surface area contributed by atoms with Crippen molar-refractivity contribution >= 4 is 11.7 Å². The number of likely N-dealkylation sites (tertiary alicyclic amines) is 1. The molecule has 1 spiro atoms. The van der Waals surface area contributed by atoms with E-state index >= 15 is 0 Å². The van der Waals surface area contributed by atoms with Gasteiger partial charge in [-0.1, -0.05) is 12.1 Å². The zero-order chi connectivity index (χ0) is 22.2. The zero-order valence-corrected chi connectivity index (χ0v) is 18.8. The van der Waals surface area contributed by atoms with E-state index in [1.54, 1.807) is 12.4 Å². The van der Waals surface area contributed by atoms with Gasteiger partial charge in [-0.3, -0.25) is 4.98 Å². The zero-order valence-electron chi connectivity index (χ0n) is 18.8. The van der Waals surface area contributed by atoms with Crippen molar-refractivity contribution in [2.75, 3.05) is 38.2 Å². The number of ether oxygens (including phenoxy) is 3. The molecule has 2 aliphatic heterocycles. The molecule has 7 heteroatoms. The number of hydrogen-bond acceptors (Lipinski definition) is 5. The van der Waals surface area contributed by atoms with E-state index in [-0.39, 0.29) is 11.6 Å². The summed E-state index contributed by atoms with van der Waals surface area (Å²) in [6.07, 6.45) is 8.36. The Morgan fingerprint density at radius 3 is 2.75 bits per heavy atom. The number of aromatic nitrogens is 1. The number of amides is 2. The number of pyridine rings is 1. The molecule has 2 saturated heterocycles. The van der Waals surface area contributed by atoms with Crippen LogP contribution in [-0.4, -0.2) is 54.4 Å². The van der Waals surface area contributed by atoms with Crippen LogP contribution in [0.2, 0.25) is 0 Å². The predicted molar refractivity (Wildman–Crippen MR) is 123 cm³/mol. The molecule has 0 aliphatic carbocycles. The number of carbonyl (C=O) groups excluding carboxylic acids is 1. The standard InChI is InChI=1S/C25H33N3O4/c1-2-30-23-6-4-3-5-22(23)27-24(29)28-15-11-25(12-16-28)19-20(10-18-32-25)9-17-31-21-7-13-26-14-8-21/h3-8,13-14,20H,2,9-12,15-19H2,1H3,(H,27,29). The highest BCUT2D eigenvalue weighted by molar-refractivity contribution is 5.91. The second-order valence-corrected chi connectivity index (χ2v) is 8.56. The third-order valence-electron chi connectivity index (χ3n) is 6.43. The highest BCUT2D eigenvalue weighted by atomic mass is 16.5. The Balaban J connectivity index is 1.25. The normalized spacial score (nSPS) is 20.0. The molecule has 3 heterocycles. The summed E-state index contributed by atoms with van der Waals surface area (Å²) >= 11 is 0. The maximum absolute atomic E-state index is 12.8. The minimum atomic E-state index is -0.112. The van der Waals surface area contributed by atoms with Crippen molar-refractivity contribution in [3.05, 3.63) is 48.8 Å². The first kappa shape index (κ1) is 22.4. The Bertz CT molecular complexity index is 869. The van der Waals surface area contributed by atoms with Gasteiger partial charge in [0.2, 0.25) is 0 Å². The Morgan fingerprint density at radius 1 is 1.19 bits per heavy atom. The first-order valence-electron chi connectivity index (χ1n) is 11.6. The van der Waals surface area contributed by atoms with E-state index in [4.69, 9.17) is 14.2 Å². The molecule has 1 atom stereocenters. The summed E-state index contributed by atoms with van der Waals surface area (Å²) in [6.45, 7) is 5.38. The minimum Gasteiger partial charge on any atom is -0.493 e. The number of urea groups is 1. The number of para-hydroxylation sites is 2. The molecule has 2 amide bonds. The van der Waals surface area contributed by atoms with Crippen LogP contribution in [0.15, 0.2) is 48.8 Å². The lowest BCUT2D eigenvalue weighted by Crippen LogP contribution is -2.51. The molecule has 32 heavy (non-hydrogen) atoms. The Labute approximate surface area is 190 Å². The molecule has 2 aromatic rings. The second kappa shape index (κ2) is 10.7. The Hall–Kier alpha value is -2.80. The summed E-state index contributed by atoms with van der Waals surface area (Å²) in [6, 6.07) is 11.3. The van der Waals surface area contributed by atoms with Gasteiger partial charge in [0.15, 0.2) is 0 Å². The van der Waals surface area contributed by atoms with Gasteiger partial charge in [-0.05, 0) is 69.2 Å². The van der Waals surface area contributed by atoms with Crippen LogP contribution in [0.1, 0.15) is 39.0 Å². The van der Waals surface area contributed by atoms with E-state index in [1.165, 1.54) is 0 Å². The number of piperidine rings is 1. The van der Waals surface area contributed by atoms with Crippen LogP contribution in [-0.2, 0) is 4.74 Å². The van der Waals surface area contributed by atoms with Crippen LogP contribution in [0.5, 0.6) is 11.5 Å². The molecule has 0 radical (unpaired) electrons. The van der Waals surface area contributed by atoms with Crippen molar-refractivity contribution in [3.63, 3.8) is 0 Å². The summed E-state index contributed by atoms with van der Waals surface area (Å²) < 4.78 is 17.8. The van der Waals surface area contributed by atoms with Crippen LogP contribution in [0, 0.1) is 5.92 Å². The van der Waals surface area contributed by atoms with Gasteiger partial charge < -0.3 is 24.4 Å². The smallest absolute Gasteiger partial charge is 0.321 e. The van der Waals surface area contributed by atoms with E-state index in [0.29, 0.717) is 43.7 Å². The second-order valence-electron chi connectivity index (χ2n) is 8.56. The third kappa shape index (κ3) is 5.71. The molecule has 0 bridgehead atoms. The number of anilines is 1. The SMILES string of the molecule is CCOc1ccccc1NC(=O)N1CCC2(CC1)CC(CCOc1ccncc1)CCO2. The van der Waals surface area contributed by atoms with Gasteiger partial charge >= 0.3 is 6.03 Å². The molecule has 2 fully saturated rings. The number of carbonyl (C=O) groups is 1. The van der Waals surface area contributed by atoms with Gasteiger partial charge in [0.1, 0.15) is 11.5 Å². The van der Waals surface area contributed by atoms with Crippen molar-refractivity contribution in [1.29, 1.82) is 0 Å². The van der Waals surface area contributed by atoms with Crippen LogP contribution in [0.4, 0.5) is 10.5 Å². The first-order chi connectivity index (χ1) is 15.7. The molecule has 7 nitrogen and oxygen atoms in total. The summed E-state index contributed by atoms with van der Waals surface area (Å²) in [5.41, 5.74) is 0.599. The maximum atomic E-state index is 12.8. The van der Waals surface area contributed by atoms with Gasteiger partial charge in [-0.2, -0.15) is 0 Å². The van der Waals surface area contributed by atoms with Crippen molar-refractivity contribution in [1.82, 2.24) is 9.88 Å². The molecular formula is C25H33N3O4. The summed E-state index contributed by atoms with van der Waals surface area (Å²) in [4.78, 5) is 18.7. The number of hydrogen-bond donors (Lipinski definition) is 1. The lowest BCUT2D eigenvalue weighted by atomic mass is 9.78.